The SMILES string of the molecule is [c]1ccc2nc(-c3ccc4c(c3)OCO4)sc2c1. The van der Waals surface area contributed by atoms with Gasteiger partial charge in [-0.25, -0.2) is 4.98 Å². The number of benzene rings is 2. The summed E-state index contributed by atoms with van der Waals surface area (Å²) in [5.74, 6) is 1.59. The predicted molar refractivity (Wildman–Crippen MR) is 70.0 cm³/mol. The van der Waals surface area contributed by atoms with Crippen LogP contribution in [-0.2, 0) is 0 Å². The molecule has 1 radical (unpaired) electrons. The Labute approximate surface area is 108 Å². The Morgan fingerprint density at radius 1 is 1.17 bits per heavy atom. The van der Waals surface area contributed by atoms with Crippen molar-refractivity contribution in [3.8, 4) is 22.1 Å². The molecule has 2 heterocycles. The van der Waals surface area contributed by atoms with Gasteiger partial charge in [-0.1, -0.05) is 6.07 Å². The molecule has 3 aromatic rings. The summed E-state index contributed by atoms with van der Waals surface area (Å²) in [5, 5.41) is 0.989. The van der Waals surface area contributed by atoms with Crippen molar-refractivity contribution in [1.29, 1.82) is 0 Å². The third kappa shape index (κ3) is 1.46. The molecule has 18 heavy (non-hydrogen) atoms. The number of aromatic nitrogens is 1. The van der Waals surface area contributed by atoms with Gasteiger partial charge in [0.2, 0.25) is 6.79 Å². The monoisotopic (exact) mass is 254 g/mol. The molecular weight excluding hydrogens is 246 g/mol. The molecular formula is C14H8NO2S. The minimum absolute atomic E-state index is 0.299. The molecule has 0 spiro atoms. The fourth-order valence-electron chi connectivity index (χ4n) is 1.97. The maximum atomic E-state index is 5.38. The largest absolute Gasteiger partial charge is 0.454 e. The van der Waals surface area contributed by atoms with Gasteiger partial charge in [0.05, 0.1) is 10.2 Å². The van der Waals surface area contributed by atoms with Crippen LogP contribution in [0.25, 0.3) is 20.8 Å². The Kier molecular flexibility index (Phi) is 2.04. The van der Waals surface area contributed by atoms with Crippen LogP contribution in [0.5, 0.6) is 11.5 Å². The number of hydrogen-bond donors (Lipinski definition) is 0. The molecule has 0 fully saturated rings. The summed E-state index contributed by atoms with van der Waals surface area (Å²) in [6.45, 7) is 0.299. The predicted octanol–water partition coefficient (Wildman–Crippen LogP) is 3.49. The van der Waals surface area contributed by atoms with Gasteiger partial charge in [0.1, 0.15) is 5.01 Å². The van der Waals surface area contributed by atoms with Gasteiger partial charge >= 0.3 is 0 Å². The van der Waals surface area contributed by atoms with Crippen molar-refractivity contribution in [2.45, 2.75) is 0 Å². The maximum Gasteiger partial charge on any atom is 0.231 e. The Balaban J connectivity index is 1.86. The molecule has 0 bridgehead atoms. The molecule has 1 aliphatic rings. The highest BCUT2D eigenvalue weighted by Gasteiger charge is 2.15. The van der Waals surface area contributed by atoms with E-state index in [0.717, 1.165) is 32.3 Å². The van der Waals surface area contributed by atoms with Gasteiger partial charge in [0.25, 0.3) is 0 Å². The zero-order chi connectivity index (χ0) is 11.9. The third-order valence-corrected chi connectivity index (χ3v) is 3.92. The Morgan fingerprint density at radius 3 is 3.06 bits per heavy atom. The zero-order valence-electron chi connectivity index (χ0n) is 9.34. The first-order valence-electron chi connectivity index (χ1n) is 5.57. The average Bonchev–Trinajstić information content (AvgIpc) is 3.04. The summed E-state index contributed by atoms with van der Waals surface area (Å²) in [6.07, 6.45) is 0. The fourth-order valence-corrected chi connectivity index (χ4v) is 2.91. The summed E-state index contributed by atoms with van der Waals surface area (Å²) < 4.78 is 11.8. The van der Waals surface area contributed by atoms with Crippen molar-refractivity contribution in [2.24, 2.45) is 0 Å². The summed E-state index contributed by atoms with van der Waals surface area (Å²) >= 11 is 1.66. The lowest BCUT2D eigenvalue weighted by molar-refractivity contribution is 0.174. The van der Waals surface area contributed by atoms with E-state index in [1.165, 1.54) is 0 Å². The minimum Gasteiger partial charge on any atom is -0.454 e. The maximum absolute atomic E-state index is 5.38. The number of fused-ring (bicyclic) bond motifs is 2. The lowest BCUT2D eigenvalue weighted by atomic mass is 10.2. The van der Waals surface area contributed by atoms with Crippen LogP contribution >= 0.6 is 11.3 Å². The van der Waals surface area contributed by atoms with Crippen LogP contribution in [0, 0.1) is 6.07 Å². The molecule has 4 rings (SSSR count). The van der Waals surface area contributed by atoms with Crippen LogP contribution in [0.15, 0.2) is 36.4 Å². The molecule has 0 aliphatic carbocycles. The van der Waals surface area contributed by atoms with Crippen LogP contribution in [0.4, 0.5) is 0 Å². The Hall–Kier alpha value is -2.07. The third-order valence-electron chi connectivity index (χ3n) is 2.85. The highest BCUT2D eigenvalue weighted by molar-refractivity contribution is 7.21. The van der Waals surface area contributed by atoms with E-state index in [0.29, 0.717) is 6.79 Å². The molecule has 2 aromatic carbocycles. The Morgan fingerprint density at radius 2 is 2.11 bits per heavy atom. The highest BCUT2D eigenvalue weighted by atomic mass is 32.1. The van der Waals surface area contributed by atoms with Crippen LogP contribution in [0.3, 0.4) is 0 Å². The van der Waals surface area contributed by atoms with Crippen LogP contribution in [-0.4, -0.2) is 11.8 Å². The fraction of sp³-hybridized carbons (Fsp3) is 0.0714. The second-order valence-corrected chi connectivity index (χ2v) is 5.01. The van der Waals surface area contributed by atoms with Crippen molar-refractivity contribution in [2.75, 3.05) is 6.79 Å². The molecule has 1 aromatic heterocycles. The second kappa shape index (κ2) is 3.71. The quantitative estimate of drug-likeness (QED) is 0.666. The smallest absolute Gasteiger partial charge is 0.231 e. The topological polar surface area (TPSA) is 31.4 Å². The van der Waals surface area contributed by atoms with Gasteiger partial charge in [-0.05, 0) is 36.4 Å². The molecule has 0 saturated heterocycles. The first kappa shape index (κ1) is 9.91. The van der Waals surface area contributed by atoms with Gasteiger partial charge in [0.15, 0.2) is 11.5 Å². The van der Waals surface area contributed by atoms with E-state index in [9.17, 15) is 0 Å². The van der Waals surface area contributed by atoms with Crippen LogP contribution in [0.1, 0.15) is 0 Å². The Bertz CT molecular complexity index is 702. The van der Waals surface area contributed by atoms with Crippen molar-refractivity contribution in [3.05, 3.63) is 42.5 Å². The number of nitrogens with zero attached hydrogens (tertiary/aromatic N) is 1. The second-order valence-electron chi connectivity index (χ2n) is 3.98. The van der Waals surface area contributed by atoms with E-state index in [1.807, 2.05) is 36.4 Å². The van der Waals surface area contributed by atoms with Crippen molar-refractivity contribution in [3.63, 3.8) is 0 Å². The molecule has 0 amide bonds. The van der Waals surface area contributed by atoms with Crippen molar-refractivity contribution in [1.82, 2.24) is 4.98 Å². The molecule has 0 unspecified atom stereocenters. The van der Waals surface area contributed by atoms with E-state index in [2.05, 4.69) is 11.1 Å². The molecule has 3 nitrogen and oxygen atoms in total. The summed E-state index contributed by atoms with van der Waals surface area (Å²) in [4.78, 5) is 4.61. The normalized spacial score (nSPS) is 13.1. The van der Waals surface area contributed by atoms with Gasteiger partial charge < -0.3 is 9.47 Å². The van der Waals surface area contributed by atoms with Crippen molar-refractivity contribution >= 4 is 21.6 Å². The molecule has 1 aliphatic heterocycles. The number of thiazole rings is 1. The summed E-state index contributed by atoms with van der Waals surface area (Å²) in [6, 6.07) is 14.8. The average molecular weight is 254 g/mol. The molecule has 87 valence electrons. The van der Waals surface area contributed by atoms with Gasteiger partial charge in [-0.3, -0.25) is 0 Å². The summed E-state index contributed by atoms with van der Waals surface area (Å²) in [7, 11) is 0. The number of hydrogen-bond acceptors (Lipinski definition) is 4. The lowest BCUT2D eigenvalue weighted by Gasteiger charge is -1.98. The molecule has 0 N–H and O–H groups in total. The molecule has 4 heteroatoms. The van der Waals surface area contributed by atoms with Gasteiger partial charge in [-0.2, -0.15) is 0 Å². The van der Waals surface area contributed by atoms with Crippen LogP contribution < -0.4 is 9.47 Å². The number of ether oxygens (including phenoxy) is 2. The number of rotatable bonds is 1. The van der Waals surface area contributed by atoms with E-state index in [4.69, 9.17) is 9.47 Å². The first-order chi connectivity index (χ1) is 8.90. The van der Waals surface area contributed by atoms with E-state index in [1.54, 1.807) is 11.3 Å². The standard InChI is InChI=1S/C14H8NO2S/c1-2-4-13-10(3-1)15-14(18-13)9-5-6-11-12(7-9)17-8-16-11/h1,3-7H,8H2. The van der Waals surface area contributed by atoms with Gasteiger partial charge in [-0.15, -0.1) is 11.3 Å². The minimum atomic E-state index is 0.299. The van der Waals surface area contributed by atoms with Crippen molar-refractivity contribution < 1.29 is 9.47 Å². The zero-order valence-corrected chi connectivity index (χ0v) is 10.2. The first-order valence-corrected chi connectivity index (χ1v) is 6.38. The van der Waals surface area contributed by atoms with Gasteiger partial charge in [0, 0.05) is 5.56 Å². The summed E-state index contributed by atoms with van der Waals surface area (Å²) in [5.41, 5.74) is 2.06. The van der Waals surface area contributed by atoms with Crippen LogP contribution in [0.2, 0.25) is 0 Å². The molecule has 0 saturated carbocycles. The highest BCUT2D eigenvalue weighted by Crippen LogP contribution is 2.38. The van der Waals surface area contributed by atoms with E-state index < -0.39 is 0 Å². The van der Waals surface area contributed by atoms with E-state index in [-0.39, 0.29) is 0 Å². The molecule has 0 atom stereocenters. The lowest BCUT2D eigenvalue weighted by Crippen LogP contribution is -1.92. The van der Waals surface area contributed by atoms with E-state index >= 15 is 0 Å².